The molecule has 0 fully saturated rings. The van der Waals surface area contributed by atoms with Gasteiger partial charge in [-0.1, -0.05) is 12.1 Å². The summed E-state index contributed by atoms with van der Waals surface area (Å²) in [5, 5.41) is 20.4. The van der Waals surface area contributed by atoms with Crippen molar-refractivity contribution in [1.29, 1.82) is 0 Å². The molecule has 0 aliphatic carbocycles. The second-order valence-electron chi connectivity index (χ2n) is 3.24. The summed E-state index contributed by atoms with van der Waals surface area (Å²) < 4.78 is 0. The van der Waals surface area contributed by atoms with Crippen molar-refractivity contribution in [3.05, 3.63) is 0 Å². The molecule has 5 heteroatoms. The number of hydrogen-bond donors (Lipinski definition) is 3. The highest BCUT2D eigenvalue weighted by atomic mass is 32.2. The fraction of sp³-hybridized carbons (Fsp3) is 0.889. The van der Waals surface area contributed by atoms with E-state index in [0.717, 1.165) is 25.0 Å². The van der Waals surface area contributed by atoms with Gasteiger partial charge in [0, 0.05) is 18.3 Å². The predicted molar refractivity (Wildman–Crippen MR) is 60.9 cm³/mol. The number of thioether (sulfide) groups is 1. The Morgan fingerprint density at radius 3 is 2.79 bits per heavy atom. The Bertz CT molecular complexity index is 165. The number of rotatable bonds is 8. The van der Waals surface area contributed by atoms with Crippen molar-refractivity contribution in [3.8, 4) is 0 Å². The van der Waals surface area contributed by atoms with Crippen molar-refractivity contribution in [2.24, 2.45) is 10.9 Å². The minimum atomic E-state index is 0.262. The van der Waals surface area contributed by atoms with Crippen LogP contribution >= 0.6 is 11.8 Å². The van der Waals surface area contributed by atoms with E-state index in [1.807, 2.05) is 11.8 Å². The highest BCUT2D eigenvalue weighted by molar-refractivity contribution is 7.99. The molecule has 0 heterocycles. The fourth-order valence-electron chi connectivity index (χ4n) is 1.01. The van der Waals surface area contributed by atoms with Gasteiger partial charge < -0.3 is 16.0 Å². The molecule has 0 saturated carbocycles. The number of unbranched alkanes of at least 4 members (excludes halogenated alkanes) is 1. The van der Waals surface area contributed by atoms with Crippen LogP contribution in [0, 0.1) is 0 Å². The molecule has 84 valence electrons. The molecule has 4 nitrogen and oxygen atoms in total. The molecule has 0 radical (unpaired) electrons. The Kier molecular flexibility index (Phi) is 8.87. The standard InChI is InChI=1S/C9H20N2O2S/c1-8(5-6-12)14-7-3-2-4-9(10)11-13/h8,12-13H,2-7H2,1H3,(H2,10,11). The molecule has 0 spiro atoms. The molecule has 0 aromatic carbocycles. The van der Waals surface area contributed by atoms with Gasteiger partial charge in [0.1, 0.15) is 5.84 Å². The van der Waals surface area contributed by atoms with Gasteiger partial charge in [-0.05, 0) is 25.0 Å². The van der Waals surface area contributed by atoms with Gasteiger partial charge in [0.2, 0.25) is 0 Å². The van der Waals surface area contributed by atoms with E-state index in [4.69, 9.17) is 16.0 Å². The molecule has 0 bridgehead atoms. The molecular weight excluding hydrogens is 200 g/mol. The monoisotopic (exact) mass is 220 g/mol. The zero-order valence-corrected chi connectivity index (χ0v) is 9.46. The van der Waals surface area contributed by atoms with Crippen LogP contribution < -0.4 is 5.73 Å². The van der Waals surface area contributed by atoms with Crippen LogP contribution in [0.3, 0.4) is 0 Å². The average molecular weight is 220 g/mol. The number of aliphatic hydroxyl groups excluding tert-OH is 1. The summed E-state index contributed by atoms with van der Waals surface area (Å²) in [5.41, 5.74) is 5.32. The fourth-order valence-corrected chi connectivity index (χ4v) is 2.05. The lowest BCUT2D eigenvalue weighted by Crippen LogP contribution is -2.11. The molecule has 0 aromatic rings. The van der Waals surface area contributed by atoms with Crippen molar-refractivity contribution in [2.75, 3.05) is 12.4 Å². The topological polar surface area (TPSA) is 78.8 Å². The van der Waals surface area contributed by atoms with Crippen molar-refractivity contribution in [2.45, 2.75) is 37.9 Å². The summed E-state index contributed by atoms with van der Waals surface area (Å²) in [6.07, 6.45) is 3.53. The number of amidine groups is 1. The minimum absolute atomic E-state index is 0.262. The largest absolute Gasteiger partial charge is 0.409 e. The van der Waals surface area contributed by atoms with E-state index in [0.29, 0.717) is 17.5 Å². The number of oxime groups is 1. The molecule has 1 unspecified atom stereocenters. The quantitative estimate of drug-likeness (QED) is 0.190. The van der Waals surface area contributed by atoms with Crippen LogP contribution in [0.15, 0.2) is 5.16 Å². The second-order valence-corrected chi connectivity index (χ2v) is 4.79. The van der Waals surface area contributed by atoms with Crippen molar-refractivity contribution < 1.29 is 10.3 Å². The predicted octanol–water partition coefficient (Wildman–Crippen LogP) is 1.41. The smallest absolute Gasteiger partial charge is 0.139 e. The van der Waals surface area contributed by atoms with Crippen molar-refractivity contribution in [3.63, 3.8) is 0 Å². The highest BCUT2D eigenvalue weighted by Gasteiger charge is 2.01. The van der Waals surface area contributed by atoms with Gasteiger partial charge in [-0.15, -0.1) is 0 Å². The molecule has 0 saturated heterocycles. The molecular formula is C9H20N2O2S. The first-order valence-electron chi connectivity index (χ1n) is 4.89. The first kappa shape index (κ1) is 13.6. The van der Waals surface area contributed by atoms with Crippen molar-refractivity contribution in [1.82, 2.24) is 0 Å². The van der Waals surface area contributed by atoms with Crippen LogP contribution in [-0.2, 0) is 0 Å². The molecule has 0 aromatic heterocycles. The van der Waals surface area contributed by atoms with Gasteiger partial charge in [-0.25, -0.2) is 0 Å². The van der Waals surface area contributed by atoms with E-state index >= 15 is 0 Å². The Morgan fingerprint density at radius 1 is 1.50 bits per heavy atom. The van der Waals surface area contributed by atoms with Gasteiger partial charge in [0.15, 0.2) is 0 Å². The van der Waals surface area contributed by atoms with Crippen LogP contribution in [0.5, 0.6) is 0 Å². The van der Waals surface area contributed by atoms with Gasteiger partial charge in [0.25, 0.3) is 0 Å². The van der Waals surface area contributed by atoms with Crippen LogP contribution in [0.25, 0.3) is 0 Å². The van der Waals surface area contributed by atoms with E-state index in [9.17, 15) is 0 Å². The molecule has 14 heavy (non-hydrogen) atoms. The normalized spacial score (nSPS) is 14.3. The van der Waals surface area contributed by atoms with E-state index < -0.39 is 0 Å². The molecule has 0 aliphatic rings. The Labute approximate surface area is 89.6 Å². The van der Waals surface area contributed by atoms with Crippen LogP contribution in [0.2, 0.25) is 0 Å². The zero-order chi connectivity index (χ0) is 10.8. The van der Waals surface area contributed by atoms with Gasteiger partial charge in [0.05, 0.1) is 0 Å². The number of hydrogen-bond acceptors (Lipinski definition) is 4. The maximum Gasteiger partial charge on any atom is 0.139 e. The Balaban J connectivity index is 3.21. The van der Waals surface area contributed by atoms with Crippen LogP contribution in [0.4, 0.5) is 0 Å². The van der Waals surface area contributed by atoms with E-state index in [1.165, 1.54) is 0 Å². The van der Waals surface area contributed by atoms with Crippen LogP contribution in [-0.4, -0.2) is 33.8 Å². The zero-order valence-electron chi connectivity index (χ0n) is 8.65. The summed E-state index contributed by atoms with van der Waals surface area (Å²) in [6, 6.07) is 0. The summed E-state index contributed by atoms with van der Waals surface area (Å²) in [5.74, 6) is 1.37. The lowest BCUT2D eigenvalue weighted by molar-refractivity contribution is 0.289. The third-order valence-corrected chi connectivity index (χ3v) is 3.22. The molecule has 0 aliphatic heterocycles. The Hall–Kier alpha value is -0.420. The molecule has 0 rings (SSSR count). The minimum Gasteiger partial charge on any atom is -0.409 e. The van der Waals surface area contributed by atoms with Crippen molar-refractivity contribution >= 4 is 17.6 Å². The molecule has 4 N–H and O–H groups in total. The highest BCUT2D eigenvalue weighted by Crippen LogP contribution is 2.15. The summed E-state index contributed by atoms with van der Waals surface area (Å²) in [6.45, 7) is 2.38. The van der Waals surface area contributed by atoms with Gasteiger partial charge in [-0.2, -0.15) is 11.8 Å². The number of nitrogens with zero attached hydrogens (tertiary/aromatic N) is 1. The lowest BCUT2D eigenvalue weighted by Gasteiger charge is -2.08. The summed E-state index contributed by atoms with van der Waals surface area (Å²) >= 11 is 1.86. The molecule has 0 amide bonds. The van der Waals surface area contributed by atoms with Crippen LogP contribution in [0.1, 0.15) is 32.6 Å². The van der Waals surface area contributed by atoms with Gasteiger partial charge in [-0.3, -0.25) is 0 Å². The number of nitrogens with two attached hydrogens (primary N) is 1. The van der Waals surface area contributed by atoms with E-state index in [2.05, 4.69) is 12.1 Å². The lowest BCUT2D eigenvalue weighted by atomic mass is 10.2. The summed E-state index contributed by atoms with van der Waals surface area (Å²) in [4.78, 5) is 0. The third kappa shape index (κ3) is 8.19. The molecule has 1 atom stereocenters. The van der Waals surface area contributed by atoms with Gasteiger partial charge >= 0.3 is 0 Å². The SMILES string of the molecule is CC(CCO)SCCCCC(N)=NO. The number of aliphatic hydroxyl groups is 1. The maximum atomic E-state index is 8.67. The first-order chi connectivity index (χ1) is 6.70. The summed E-state index contributed by atoms with van der Waals surface area (Å²) in [7, 11) is 0. The van der Waals surface area contributed by atoms with E-state index in [-0.39, 0.29) is 6.61 Å². The van der Waals surface area contributed by atoms with E-state index in [1.54, 1.807) is 0 Å². The third-order valence-electron chi connectivity index (χ3n) is 1.89. The second kappa shape index (κ2) is 9.15. The Morgan fingerprint density at radius 2 is 2.21 bits per heavy atom. The first-order valence-corrected chi connectivity index (χ1v) is 5.94. The maximum absolute atomic E-state index is 8.67. The average Bonchev–Trinajstić information content (AvgIpc) is 2.17.